The fourth-order valence-electron chi connectivity index (χ4n) is 2.11. The summed E-state index contributed by atoms with van der Waals surface area (Å²) in [4.78, 5) is 4.30. The summed E-state index contributed by atoms with van der Waals surface area (Å²) in [5.74, 6) is -0.188. The molecule has 0 saturated carbocycles. The topological polar surface area (TPSA) is 24.9 Å². The number of hydrogen-bond donors (Lipinski definition) is 1. The Bertz CT molecular complexity index is 482. The lowest BCUT2D eigenvalue weighted by atomic mass is 10.0. The van der Waals surface area contributed by atoms with Gasteiger partial charge in [-0.15, -0.1) is 0 Å². The maximum atomic E-state index is 12.9. The van der Waals surface area contributed by atoms with E-state index in [0.29, 0.717) is 0 Å². The van der Waals surface area contributed by atoms with Crippen LogP contribution in [0.3, 0.4) is 0 Å². The van der Waals surface area contributed by atoms with Crippen molar-refractivity contribution in [2.45, 2.75) is 25.8 Å². The quantitative estimate of drug-likeness (QED) is 0.857. The van der Waals surface area contributed by atoms with Gasteiger partial charge in [0.15, 0.2) is 0 Å². The maximum Gasteiger partial charge on any atom is 0.123 e. The van der Waals surface area contributed by atoms with Crippen LogP contribution in [0.4, 0.5) is 4.39 Å². The summed E-state index contributed by atoms with van der Waals surface area (Å²) in [5, 5.41) is 3.49. The molecule has 1 atom stereocenters. The van der Waals surface area contributed by atoms with Gasteiger partial charge in [0.05, 0.1) is 0 Å². The minimum Gasteiger partial charge on any atom is -0.310 e. The van der Waals surface area contributed by atoms with E-state index in [1.807, 2.05) is 36.5 Å². The lowest BCUT2D eigenvalue weighted by Gasteiger charge is -2.17. The summed E-state index contributed by atoms with van der Waals surface area (Å²) in [6, 6.07) is 12.9. The zero-order valence-electron chi connectivity index (χ0n) is 11.1. The van der Waals surface area contributed by atoms with Crippen LogP contribution in [0.5, 0.6) is 0 Å². The first-order valence-electron chi connectivity index (χ1n) is 6.68. The molecule has 0 radical (unpaired) electrons. The molecule has 0 bridgehead atoms. The molecule has 0 saturated heterocycles. The molecule has 2 rings (SSSR count). The number of halogens is 1. The number of nitrogens with zero attached hydrogens (tertiary/aromatic N) is 1. The van der Waals surface area contributed by atoms with Crippen molar-refractivity contribution in [1.82, 2.24) is 10.3 Å². The van der Waals surface area contributed by atoms with Crippen molar-refractivity contribution in [2.24, 2.45) is 0 Å². The molecule has 1 aromatic carbocycles. The molecule has 0 aliphatic heterocycles. The average Bonchev–Trinajstić information content (AvgIpc) is 2.46. The molecule has 1 heterocycles. The Labute approximate surface area is 113 Å². The summed E-state index contributed by atoms with van der Waals surface area (Å²) in [7, 11) is 0. The van der Waals surface area contributed by atoms with Crippen LogP contribution in [0.25, 0.3) is 0 Å². The minimum atomic E-state index is -0.188. The van der Waals surface area contributed by atoms with Crippen LogP contribution in [0, 0.1) is 5.82 Å². The second kappa shape index (κ2) is 7.00. The van der Waals surface area contributed by atoms with Gasteiger partial charge in [0.1, 0.15) is 5.82 Å². The van der Waals surface area contributed by atoms with Gasteiger partial charge >= 0.3 is 0 Å². The third-order valence-corrected chi connectivity index (χ3v) is 3.18. The predicted octanol–water partition coefficient (Wildman–Crippen LogP) is 3.50. The third kappa shape index (κ3) is 4.14. The second-order valence-electron chi connectivity index (χ2n) is 4.54. The molecule has 3 heteroatoms. The van der Waals surface area contributed by atoms with Crippen LogP contribution in [0.1, 0.15) is 30.6 Å². The van der Waals surface area contributed by atoms with Crippen molar-refractivity contribution < 1.29 is 4.39 Å². The smallest absolute Gasteiger partial charge is 0.123 e. The van der Waals surface area contributed by atoms with Crippen molar-refractivity contribution >= 4 is 0 Å². The molecule has 0 spiro atoms. The van der Waals surface area contributed by atoms with Crippen molar-refractivity contribution in [3.05, 3.63) is 65.7 Å². The van der Waals surface area contributed by atoms with Gasteiger partial charge in [-0.1, -0.05) is 25.1 Å². The highest BCUT2D eigenvalue weighted by atomic mass is 19.1. The fraction of sp³-hybridized carbons (Fsp3) is 0.312. The number of aromatic nitrogens is 1. The number of rotatable bonds is 6. The van der Waals surface area contributed by atoms with Crippen LogP contribution < -0.4 is 5.32 Å². The van der Waals surface area contributed by atoms with Gasteiger partial charge in [-0.2, -0.15) is 0 Å². The first-order chi connectivity index (χ1) is 9.29. The maximum absolute atomic E-state index is 12.9. The monoisotopic (exact) mass is 258 g/mol. The molecule has 0 fully saturated rings. The Hall–Kier alpha value is -1.74. The minimum absolute atomic E-state index is 0.188. The van der Waals surface area contributed by atoms with E-state index in [1.54, 1.807) is 0 Å². The van der Waals surface area contributed by atoms with E-state index in [0.717, 1.165) is 30.6 Å². The van der Waals surface area contributed by atoms with E-state index in [1.165, 1.54) is 12.1 Å². The first-order valence-corrected chi connectivity index (χ1v) is 6.68. The number of pyridine rings is 1. The van der Waals surface area contributed by atoms with Gasteiger partial charge in [0, 0.05) is 30.9 Å². The summed E-state index contributed by atoms with van der Waals surface area (Å²) in [6.45, 7) is 2.99. The zero-order valence-corrected chi connectivity index (χ0v) is 11.1. The fourth-order valence-corrected chi connectivity index (χ4v) is 2.11. The third-order valence-electron chi connectivity index (χ3n) is 3.18. The average molecular weight is 258 g/mol. The Morgan fingerprint density at radius 2 is 1.95 bits per heavy atom. The first kappa shape index (κ1) is 13.7. The molecule has 100 valence electrons. The zero-order chi connectivity index (χ0) is 13.5. The van der Waals surface area contributed by atoms with Gasteiger partial charge in [0.2, 0.25) is 0 Å². The van der Waals surface area contributed by atoms with E-state index in [2.05, 4.69) is 17.2 Å². The van der Waals surface area contributed by atoms with E-state index in [4.69, 9.17) is 0 Å². The van der Waals surface area contributed by atoms with Gasteiger partial charge in [-0.05, 0) is 36.2 Å². The van der Waals surface area contributed by atoms with Crippen molar-refractivity contribution in [3.8, 4) is 0 Å². The van der Waals surface area contributed by atoms with Crippen molar-refractivity contribution in [3.63, 3.8) is 0 Å². The van der Waals surface area contributed by atoms with Crippen LogP contribution in [0.2, 0.25) is 0 Å². The molecule has 0 amide bonds. The van der Waals surface area contributed by atoms with Gasteiger partial charge in [-0.3, -0.25) is 4.98 Å². The summed E-state index contributed by atoms with van der Waals surface area (Å²) >= 11 is 0. The van der Waals surface area contributed by atoms with E-state index in [-0.39, 0.29) is 11.9 Å². The van der Waals surface area contributed by atoms with E-state index >= 15 is 0 Å². The van der Waals surface area contributed by atoms with Crippen molar-refractivity contribution in [2.75, 3.05) is 6.54 Å². The Morgan fingerprint density at radius 1 is 1.16 bits per heavy atom. The Balaban J connectivity index is 1.87. The normalized spacial score (nSPS) is 12.3. The number of benzene rings is 1. The van der Waals surface area contributed by atoms with Crippen LogP contribution >= 0.6 is 0 Å². The standard InChI is InChI=1S/C16H19FN2/c1-2-16(13-6-8-14(17)9-7-13)19-12-10-15-5-3-4-11-18-15/h3-9,11,16,19H,2,10,12H2,1H3. The van der Waals surface area contributed by atoms with Crippen LogP contribution in [-0.4, -0.2) is 11.5 Å². The molecular formula is C16H19FN2. The van der Waals surface area contributed by atoms with Gasteiger partial charge in [-0.25, -0.2) is 4.39 Å². The van der Waals surface area contributed by atoms with E-state index in [9.17, 15) is 4.39 Å². The Kier molecular flexibility index (Phi) is 5.04. The number of hydrogen-bond acceptors (Lipinski definition) is 2. The number of nitrogens with one attached hydrogen (secondary N) is 1. The highest BCUT2D eigenvalue weighted by Crippen LogP contribution is 2.16. The molecule has 0 aliphatic rings. The largest absolute Gasteiger partial charge is 0.310 e. The predicted molar refractivity (Wildman–Crippen MR) is 75.4 cm³/mol. The highest BCUT2D eigenvalue weighted by molar-refractivity contribution is 5.19. The Morgan fingerprint density at radius 3 is 2.58 bits per heavy atom. The molecule has 0 aliphatic carbocycles. The molecule has 1 unspecified atom stereocenters. The molecule has 1 aromatic heterocycles. The van der Waals surface area contributed by atoms with Crippen LogP contribution in [0.15, 0.2) is 48.7 Å². The van der Waals surface area contributed by atoms with Crippen molar-refractivity contribution in [1.29, 1.82) is 0 Å². The lowest BCUT2D eigenvalue weighted by Crippen LogP contribution is -2.23. The second-order valence-corrected chi connectivity index (χ2v) is 4.54. The summed E-state index contributed by atoms with van der Waals surface area (Å²) < 4.78 is 12.9. The summed E-state index contributed by atoms with van der Waals surface area (Å²) in [6.07, 6.45) is 3.69. The molecular weight excluding hydrogens is 239 g/mol. The lowest BCUT2D eigenvalue weighted by molar-refractivity contribution is 0.519. The molecule has 2 aromatic rings. The highest BCUT2D eigenvalue weighted by Gasteiger charge is 2.08. The molecule has 2 nitrogen and oxygen atoms in total. The SMILES string of the molecule is CCC(NCCc1ccccn1)c1ccc(F)cc1. The van der Waals surface area contributed by atoms with Gasteiger partial charge < -0.3 is 5.32 Å². The van der Waals surface area contributed by atoms with Gasteiger partial charge in [0.25, 0.3) is 0 Å². The van der Waals surface area contributed by atoms with E-state index < -0.39 is 0 Å². The van der Waals surface area contributed by atoms with Crippen LogP contribution in [-0.2, 0) is 6.42 Å². The molecule has 1 N–H and O–H groups in total. The molecule has 19 heavy (non-hydrogen) atoms. The summed E-state index contributed by atoms with van der Waals surface area (Å²) in [5.41, 5.74) is 2.22.